The fourth-order valence-corrected chi connectivity index (χ4v) is 11.0. The number of esters is 4. The molecule has 0 radical (unpaired) electrons. The summed E-state index contributed by atoms with van der Waals surface area (Å²) in [5.41, 5.74) is 0. The van der Waals surface area contributed by atoms with Crippen LogP contribution in [0, 0.1) is 0 Å². The Hall–Kier alpha value is -3.76. The fraction of sp³-hybridized carbons (Fsp3) is 0.753. The number of hydrogen-bond acceptors (Lipinski definition) is 15. The third-order valence-electron chi connectivity index (χ3n) is 14.9. The summed E-state index contributed by atoms with van der Waals surface area (Å²) in [6, 6.07) is 0. The zero-order valence-corrected chi connectivity index (χ0v) is 59.5. The van der Waals surface area contributed by atoms with Crippen LogP contribution in [0.3, 0.4) is 0 Å². The maximum Gasteiger partial charge on any atom is 0.472 e. The number of carbonyl (C=O) groups is 4. The minimum absolute atomic E-state index is 0.0681. The number of hydrogen-bond donors (Lipinski definition) is 3. The first-order valence-corrected chi connectivity index (χ1v) is 38.8. The lowest BCUT2D eigenvalue weighted by molar-refractivity contribution is -0.161. The molecule has 532 valence electrons. The molecule has 0 aliphatic heterocycles. The Morgan fingerprint density at radius 2 is 0.620 bits per heavy atom. The molecule has 92 heavy (non-hydrogen) atoms. The van der Waals surface area contributed by atoms with Crippen molar-refractivity contribution in [2.24, 2.45) is 0 Å². The van der Waals surface area contributed by atoms with Crippen LogP contribution in [-0.4, -0.2) is 96.7 Å². The molecule has 0 spiro atoms. The molecule has 5 atom stereocenters. The van der Waals surface area contributed by atoms with Crippen molar-refractivity contribution in [1.29, 1.82) is 0 Å². The Labute approximate surface area is 557 Å². The van der Waals surface area contributed by atoms with E-state index in [9.17, 15) is 43.2 Å². The summed E-state index contributed by atoms with van der Waals surface area (Å²) in [6.07, 6.45) is 64.8. The molecule has 0 amide bonds. The summed E-state index contributed by atoms with van der Waals surface area (Å²) in [4.78, 5) is 72.5. The standard InChI is InChI=1S/C73H128O17P2/c1-5-9-13-17-21-25-29-32-33-36-39-42-46-50-54-58-71(76)84-64-69(90-73(78)60-56-52-48-44-40-35-31-27-23-19-15-11-7-3)66-88-92(81,82)86-62-67(74)61-85-91(79,80)87-65-68(89-72(77)59-55-51-47-43-37-28-24-20-16-12-8-4)63-83-70(75)57-53-49-45-41-38-34-30-26-22-18-14-10-6-2/h9,13,20-21,24-26,30,32-33,39,42,50,54,67-69,74H,5-8,10-12,14-19,22-23,27-29,31,34-38,40-41,43-49,51-53,55-66H2,1-4H3,(H,79,80)(H,81,82)/b13-9-,24-20-,25-21-,30-26-,33-32-,42-39-,54-50-. The van der Waals surface area contributed by atoms with Crippen molar-refractivity contribution in [3.05, 3.63) is 85.1 Å². The molecule has 5 unspecified atom stereocenters. The van der Waals surface area contributed by atoms with Gasteiger partial charge >= 0.3 is 39.5 Å². The van der Waals surface area contributed by atoms with Gasteiger partial charge in [0.25, 0.3) is 0 Å². The van der Waals surface area contributed by atoms with Crippen LogP contribution >= 0.6 is 15.6 Å². The first kappa shape index (κ1) is 88.2. The Morgan fingerprint density at radius 3 is 1.00 bits per heavy atom. The normalized spacial score (nSPS) is 14.6. The summed E-state index contributed by atoms with van der Waals surface area (Å²) in [7, 11) is -9.95. The molecule has 0 aromatic carbocycles. The minimum atomic E-state index is -4.98. The number of aliphatic hydroxyl groups excluding tert-OH is 1. The molecule has 0 rings (SSSR count). The van der Waals surface area contributed by atoms with Crippen LogP contribution in [0.2, 0.25) is 0 Å². The van der Waals surface area contributed by atoms with Gasteiger partial charge in [-0.25, -0.2) is 9.13 Å². The average molecular weight is 1340 g/mol. The van der Waals surface area contributed by atoms with Crippen LogP contribution in [-0.2, 0) is 65.4 Å². The molecule has 0 heterocycles. The molecule has 0 aromatic rings. The van der Waals surface area contributed by atoms with Gasteiger partial charge in [0.15, 0.2) is 12.2 Å². The number of rotatable bonds is 67. The third kappa shape index (κ3) is 64.9. The molecule has 0 saturated heterocycles. The molecule has 0 saturated carbocycles. The SMILES string of the molecule is CC/C=C\C/C=C\C/C=C\C/C=C\C/C=C\CC(=O)OCC(COP(=O)(O)OCC(O)COP(=O)(O)OCC(COC(=O)CCCCCCC/C=C\CCCCCC)OC(=O)CCCCCCC/C=C\CCCC)OC(=O)CCCCCCCCCCCCCCC. The van der Waals surface area contributed by atoms with Crippen LogP contribution in [0.4, 0.5) is 0 Å². The minimum Gasteiger partial charge on any atom is -0.462 e. The van der Waals surface area contributed by atoms with Crippen LogP contribution in [0.25, 0.3) is 0 Å². The number of carbonyl (C=O) groups excluding carboxylic acids is 4. The van der Waals surface area contributed by atoms with Crippen molar-refractivity contribution in [3.63, 3.8) is 0 Å². The van der Waals surface area contributed by atoms with Gasteiger partial charge in [-0.15, -0.1) is 0 Å². The van der Waals surface area contributed by atoms with Gasteiger partial charge in [0.2, 0.25) is 0 Å². The van der Waals surface area contributed by atoms with Crippen molar-refractivity contribution in [2.75, 3.05) is 39.6 Å². The second-order valence-electron chi connectivity index (χ2n) is 23.8. The van der Waals surface area contributed by atoms with Gasteiger partial charge in [-0.3, -0.25) is 37.3 Å². The molecule has 17 nitrogen and oxygen atoms in total. The Bertz CT molecular complexity index is 2090. The van der Waals surface area contributed by atoms with Gasteiger partial charge in [0, 0.05) is 19.3 Å². The van der Waals surface area contributed by atoms with Gasteiger partial charge in [0.1, 0.15) is 19.3 Å². The van der Waals surface area contributed by atoms with Crippen molar-refractivity contribution in [1.82, 2.24) is 0 Å². The second-order valence-corrected chi connectivity index (χ2v) is 26.7. The van der Waals surface area contributed by atoms with E-state index in [4.69, 9.17) is 37.0 Å². The Balaban J connectivity index is 5.38. The van der Waals surface area contributed by atoms with E-state index in [1.54, 1.807) is 6.08 Å². The van der Waals surface area contributed by atoms with E-state index in [1.165, 1.54) is 89.9 Å². The predicted molar refractivity (Wildman–Crippen MR) is 372 cm³/mol. The van der Waals surface area contributed by atoms with E-state index < -0.39 is 97.5 Å². The van der Waals surface area contributed by atoms with E-state index in [2.05, 4.69) is 88.5 Å². The zero-order valence-electron chi connectivity index (χ0n) is 57.7. The van der Waals surface area contributed by atoms with Gasteiger partial charge in [-0.2, -0.15) is 0 Å². The first-order chi connectivity index (χ1) is 44.7. The predicted octanol–water partition coefficient (Wildman–Crippen LogP) is 19.9. The Kier molecular flexibility index (Phi) is 63.2. The highest BCUT2D eigenvalue weighted by Crippen LogP contribution is 2.45. The highest BCUT2D eigenvalue weighted by molar-refractivity contribution is 7.47. The maximum absolute atomic E-state index is 13.0. The fourth-order valence-electron chi connectivity index (χ4n) is 9.39. The van der Waals surface area contributed by atoms with Gasteiger partial charge in [0.05, 0.1) is 32.8 Å². The van der Waals surface area contributed by atoms with E-state index in [-0.39, 0.29) is 25.7 Å². The maximum atomic E-state index is 13.0. The molecular formula is C73H128O17P2. The lowest BCUT2D eigenvalue weighted by Gasteiger charge is -2.21. The number of unbranched alkanes of at least 4 members (excludes halogenated alkanes) is 28. The lowest BCUT2D eigenvalue weighted by atomic mass is 10.0. The zero-order chi connectivity index (χ0) is 67.5. The summed E-state index contributed by atoms with van der Waals surface area (Å²) in [6.45, 7) is 4.57. The van der Waals surface area contributed by atoms with Crippen molar-refractivity contribution in [3.8, 4) is 0 Å². The number of phosphoric ester groups is 2. The first-order valence-electron chi connectivity index (χ1n) is 35.8. The molecule has 0 fully saturated rings. The van der Waals surface area contributed by atoms with Gasteiger partial charge < -0.3 is 33.8 Å². The van der Waals surface area contributed by atoms with E-state index in [1.807, 2.05) is 18.2 Å². The second kappa shape index (κ2) is 65.9. The average Bonchev–Trinajstić information content (AvgIpc) is 2.73. The van der Waals surface area contributed by atoms with Crippen molar-refractivity contribution in [2.45, 2.75) is 316 Å². The molecule has 0 aliphatic carbocycles. The molecule has 3 N–H and O–H groups in total. The van der Waals surface area contributed by atoms with Crippen LogP contribution < -0.4 is 0 Å². The number of ether oxygens (including phenoxy) is 4. The van der Waals surface area contributed by atoms with Crippen LogP contribution in [0.15, 0.2) is 85.1 Å². The van der Waals surface area contributed by atoms with E-state index in [0.717, 1.165) is 128 Å². The smallest absolute Gasteiger partial charge is 0.462 e. The van der Waals surface area contributed by atoms with Crippen molar-refractivity contribution >= 4 is 39.5 Å². The number of allylic oxidation sites excluding steroid dienone is 13. The van der Waals surface area contributed by atoms with E-state index >= 15 is 0 Å². The number of aliphatic hydroxyl groups is 1. The summed E-state index contributed by atoms with van der Waals surface area (Å²) in [5, 5.41) is 10.6. The molecule has 0 aliphatic rings. The highest BCUT2D eigenvalue weighted by atomic mass is 31.2. The molecule has 0 aromatic heterocycles. The van der Waals surface area contributed by atoms with Crippen LogP contribution in [0.5, 0.6) is 0 Å². The summed E-state index contributed by atoms with van der Waals surface area (Å²) in [5.74, 6) is -2.33. The topological polar surface area (TPSA) is 237 Å². The summed E-state index contributed by atoms with van der Waals surface area (Å²) < 4.78 is 68.1. The summed E-state index contributed by atoms with van der Waals surface area (Å²) >= 11 is 0. The molecular weight excluding hydrogens is 1210 g/mol. The molecule has 19 heteroatoms. The van der Waals surface area contributed by atoms with E-state index in [0.29, 0.717) is 25.7 Å². The largest absolute Gasteiger partial charge is 0.472 e. The lowest BCUT2D eigenvalue weighted by Crippen LogP contribution is -2.30. The number of phosphoric acid groups is 2. The van der Waals surface area contributed by atoms with Gasteiger partial charge in [-0.1, -0.05) is 260 Å². The molecule has 0 bridgehead atoms. The Morgan fingerprint density at radius 1 is 0.326 bits per heavy atom. The van der Waals surface area contributed by atoms with Gasteiger partial charge in [-0.05, 0) is 96.3 Å². The third-order valence-corrected chi connectivity index (χ3v) is 16.8. The quantitative estimate of drug-likeness (QED) is 0.0169. The van der Waals surface area contributed by atoms with Crippen molar-refractivity contribution < 1.29 is 80.2 Å². The highest BCUT2D eigenvalue weighted by Gasteiger charge is 2.30. The monoisotopic (exact) mass is 1340 g/mol. The van der Waals surface area contributed by atoms with Crippen LogP contribution in [0.1, 0.15) is 297 Å².